The molecule has 0 saturated carbocycles. The fourth-order valence-electron chi connectivity index (χ4n) is 2.48. The summed E-state index contributed by atoms with van der Waals surface area (Å²) in [6.07, 6.45) is 5.38. The Balaban J connectivity index is 1.88. The van der Waals surface area contributed by atoms with E-state index in [1.165, 1.54) is 11.8 Å². The van der Waals surface area contributed by atoms with Gasteiger partial charge in [-0.2, -0.15) is 0 Å². The third-order valence-corrected chi connectivity index (χ3v) is 4.52. The van der Waals surface area contributed by atoms with Crippen molar-refractivity contribution < 1.29 is 9.53 Å². The van der Waals surface area contributed by atoms with E-state index in [0.29, 0.717) is 23.4 Å². The third-order valence-electron chi connectivity index (χ3n) is 3.63. The first-order chi connectivity index (χ1) is 11.3. The van der Waals surface area contributed by atoms with Crippen LogP contribution in [0.1, 0.15) is 39.2 Å². The molecule has 1 aliphatic rings. The molecule has 6 nitrogen and oxygen atoms in total. The molecule has 1 amide bonds. The van der Waals surface area contributed by atoms with Gasteiger partial charge < -0.3 is 15.0 Å². The quantitative estimate of drug-likeness (QED) is 0.496. The molecule has 1 aromatic heterocycles. The van der Waals surface area contributed by atoms with E-state index in [1.54, 1.807) is 11.1 Å². The van der Waals surface area contributed by atoms with E-state index < -0.39 is 5.60 Å². The Morgan fingerprint density at radius 2 is 2.29 bits per heavy atom. The SMILES string of the molecule is CSc1ncc(CN[C@H]2CCCN(C(=O)OC(C)(C)C)C2)c(Cl)n1. The topological polar surface area (TPSA) is 67.4 Å². The van der Waals surface area contributed by atoms with Crippen LogP contribution in [0.4, 0.5) is 4.79 Å². The van der Waals surface area contributed by atoms with Gasteiger partial charge in [0.05, 0.1) is 0 Å². The Labute approximate surface area is 152 Å². The lowest BCUT2D eigenvalue weighted by molar-refractivity contribution is 0.0187. The number of piperidine rings is 1. The molecule has 0 unspecified atom stereocenters. The van der Waals surface area contributed by atoms with Crippen molar-refractivity contribution in [2.75, 3.05) is 19.3 Å². The molecule has 1 aromatic rings. The highest BCUT2D eigenvalue weighted by molar-refractivity contribution is 7.98. The number of halogens is 1. The molecule has 24 heavy (non-hydrogen) atoms. The number of hydrogen-bond acceptors (Lipinski definition) is 6. The molecular weight excluding hydrogens is 348 g/mol. The summed E-state index contributed by atoms with van der Waals surface area (Å²) in [4.78, 5) is 22.4. The first kappa shape index (κ1) is 19.3. The fourth-order valence-corrected chi connectivity index (χ4v) is 3.06. The van der Waals surface area contributed by atoms with Gasteiger partial charge in [-0.3, -0.25) is 0 Å². The van der Waals surface area contributed by atoms with Crippen LogP contribution in [0.5, 0.6) is 0 Å². The highest BCUT2D eigenvalue weighted by Gasteiger charge is 2.27. The molecule has 2 heterocycles. The number of ether oxygens (including phenoxy) is 1. The Kier molecular flexibility index (Phi) is 6.71. The number of likely N-dealkylation sites (tertiary alicyclic amines) is 1. The average Bonchev–Trinajstić information content (AvgIpc) is 2.52. The molecule has 1 N–H and O–H groups in total. The lowest BCUT2D eigenvalue weighted by Gasteiger charge is -2.34. The molecule has 1 saturated heterocycles. The molecule has 0 radical (unpaired) electrons. The van der Waals surface area contributed by atoms with E-state index in [9.17, 15) is 4.79 Å². The van der Waals surface area contributed by atoms with Gasteiger partial charge in [-0.05, 0) is 39.9 Å². The largest absolute Gasteiger partial charge is 0.444 e. The molecule has 8 heteroatoms. The second-order valence-electron chi connectivity index (χ2n) is 6.82. The smallest absolute Gasteiger partial charge is 0.410 e. The van der Waals surface area contributed by atoms with Crippen molar-refractivity contribution >= 4 is 29.5 Å². The van der Waals surface area contributed by atoms with Crippen molar-refractivity contribution in [1.82, 2.24) is 20.2 Å². The number of rotatable bonds is 4. The summed E-state index contributed by atoms with van der Waals surface area (Å²) in [5, 5.41) is 4.58. The van der Waals surface area contributed by atoms with Gasteiger partial charge in [0.15, 0.2) is 5.16 Å². The average molecular weight is 373 g/mol. The number of nitrogens with one attached hydrogen (secondary N) is 1. The summed E-state index contributed by atoms with van der Waals surface area (Å²) < 4.78 is 5.45. The third kappa shape index (κ3) is 5.79. The van der Waals surface area contributed by atoms with E-state index in [2.05, 4.69) is 15.3 Å². The van der Waals surface area contributed by atoms with E-state index in [4.69, 9.17) is 16.3 Å². The zero-order valence-corrected chi connectivity index (χ0v) is 16.2. The van der Waals surface area contributed by atoms with Gasteiger partial charge in [-0.1, -0.05) is 23.4 Å². The maximum absolute atomic E-state index is 12.2. The molecule has 0 bridgehead atoms. The first-order valence-electron chi connectivity index (χ1n) is 8.05. The van der Waals surface area contributed by atoms with Crippen LogP contribution < -0.4 is 5.32 Å². The number of carbonyl (C=O) groups is 1. The second kappa shape index (κ2) is 8.36. The van der Waals surface area contributed by atoms with Crippen molar-refractivity contribution in [1.29, 1.82) is 0 Å². The highest BCUT2D eigenvalue weighted by atomic mass is 35.5. The van der Waals surface area contributed by atoms with Crippen LogP contribution in [0.2, 0.25) is 5.15 Å². The standard InChI is InChI=1S/C16H25ClN4O2S/c1-16(2,3)23-15(22)21-7-5-6-12(10-21)18-8-11-9-19-14(24-4)20-13(11)17/h9,12,18H,5-8,10H2,1-4H3/t12-/m0/s1. The number of hydrogen-bond donors (Lipinski definition) is 1. The van der Waals surface area contributed by atoms with Crippen LogP contribution in [0.15, 0.2) is 11.4 Å². The molecule has 0 aromatic carbocycles. The predicted molar refractivity (Wildman–Crippen MR) is 96.5 cm³/mol. The summed E-state index contributed by atoms with van der Waals surface area (Å²) in [6, 6.07) is 0.211. The molecule has 1 atom stereocenters. The van der Waals surface area contributed by atoms with Crippen LogP contribution in [0.3, 0.4) is 0 Å². The molecule has 0 aliphatic carbocycles. The summed E-state index contributed by atoms with van der Waals surface area (Å²) >= 11 is 7.65. The Morgan fingerprint density at radius 3 is 2.92 bits per heavy atom. The molecule has 2 rings (SSSR count). The Morgan fingerprint density at radius 1 is 1.54 bits per heavy atom. The van der Waals surface area contributed by atoms with Crippen molar-refractivity contribution in [3.05, 3.63) is 16.9 Å². The maximum atomic E-state index is 12.2. The van der Waals surface area contributed by atoms with Crippen LogP contribution in [0.25, 0.3) is 0 Å². The van der Waals surface area contributed by atoms with Gasteiger partial charge in [0.25, 0.3) is 0 Å². The van der Waals surface area contributed by atoms with E-state index in [-0.39, 0.29) is 12.1 Å². The van der Waals surface area contributed by atoms with Crippen molar-refractivity contribution in [3.63, 3.8) is 0 Å². The van der Waals surface area contributed by atoms with Gasteiger partial charge in [0.2, 0.25) is 0 Å². The van der Waals surface area contributed by atoms with E-state index >= 15 is 0 Å². The van der Waals surface area contributed by atoms with E-state index in [0.717, 1.165) is 24.9 Å². The molecule has 134 valence electrons. The Hall–Kier alpha value is -1.05. The van der Waals surface area contributed by atoms with Crippen LogP contribution >= 0.6 is 23.4 Å². The maximum Gasteiger partial charge on any atom is 0.410 e. The lowest BCUT2D eigenvalue weighted by atomic mass is 10.1. The highest BCUT2D eigenvalue weighted by Crippen LogP contribution is 2.18. The van der Waals surface area contributed by atoms with Crippen molar-refractivity contribution in [3.8, 4) is 0 Å². The minimum absolute atomic E-state index is 0.211. The fraction of sp³-hybridized carbons (Fsp3) is 0.688. The van der Waals surface area contributed by atoms with Gasteiger partial charge >= 0.3 is 6.09 Å². The van der Waals surface area contributed by atoms with Crippen molar-refractivity contribution in [2.24, 2.45) is 0 Å². The molecular formula is C16H25ClN4O2S. The lowest BCUT2D eigenvalue weighted by Crippen LogP contribution is -2.49. The summed E-state index contributed by atoms with van der Waals surface area (Å²) in [7, 11) is 0. The molecule has 1 aliphatic heterocycles. The summed E-state index contributed by atoms with van der Waals surface area (Å²) in [5.74, 6) is 0. The van der Waals surface area contributed by atoms with Gasteiger partial charge in [-0.25, -0.2) is 14.8 Å². The minimum atomic E-state index is -0.471. The summed E-state index contributed by atoms with van der Waals surface area (Å²) in [6.45, 7) is 7.59. The molecule has 0 spiro atoms. The van der Waals surface area contributed by atoms with Gasteiger partial charge in [-0.15, -0.1) is 0 Å². The molecule has 1 fully saturated rings. The van der Waals surface area contributed by atoms with Crippen LogP contribution in [-0.2, 0) is 11.3 Å². The first-order valence-corrected chi connectivity index (χ1v) is 9.65. The van der Waals surface area contributed by atoms with Gasteiger partial charge in [0.1, 0.15) is 10.8 Å². The second-order valence-corrected chi connectivity index (χ2v) is 7.95. The van der Waals surface area contributed by atoms with E-state index in [1.807, 2.05) is 27.0 Å². The van der Waals surface area contributed by atoms with Crippen LogP contribution in [0, 0.1) is 0 Å². The zero-order valence-electron chi connectivity index (χ0n) is 14.6. The predicted octanol–water partition coefficient (Wildman–Crippen LogP) is 3.34. The number of amides is 1. The number of thioether (sulfide) groups is 1. The zero-order chi connectivity index (χ0) is 17.7. The monoisotopic (exact) mass is 372 g/mol. The number of carbonyl (C=O) groups excluding carboxylic acids is 1. The van der Waals surface area contributed by atoms with Crippen LogP contribution in [-0.4, -0.2) is 51.9 Å². The number of aromatic nitrogens is 2. The van der Waals surface area contributed by atoms with Crippen molar-refractivity contribution in [2.45, 2.75) is 57.0 Å². The summed E-state index contributed by atoms with van der Waals surface area (Å²) in [5.41, 5.74) is 0.394. The minimum Gasteiger partial charge on any atom is -0.444 e. The normalized spacial score (nSPS) is 18.5. The Bertz CT molecular complexity index is 580. The van der Waals surface area contributed by atoms with Gasteiger partial charge in [0, 0.05) is 37.4 Å². The number of nitrogens with zero attached hydrogens (tertiary/aromatic N) is 3.